The number of ether oxygens (including phenoxy) is 2. The molecule has 0 heterocycles. The molecular formula is C16H2F31O3. The van der Waals surface area contributed by atoms with E-state index in [1.165, 1.54) is 0 Å². The molecule has 0 rings (SSSR count). The quantitative estimate of drug-likeness (QED) is 0.146. The van der Waals surface area contributed by atoms with E-state index >= 15 is 0 Å². The minimum atomic E-state index is -9.71. The van der Waals surface area contributed by atoms with Gasteiger partial charge in [0.25, 0.3) is 0 Å². The summed E-state index contributed by atoms with van der Waals surface area (Å²) < 4.78 is 409. The summed E-state index contributed by atoms with van der Waals surface area (Å²) in [6.45, 7) is -4.09. The van der Waals surface area contributed by atoms with Crippen molar-refractivity contribution in [1.82, 2.24) is 0 Å². The lowest BCUT2D eigenvalue weighted by Crippen LogP contribution is -2.76. The number of alkyl halides is 31. The maximum Gasteiger partial charge on any atom is 0.460 e. The number of hydrogen-bond donors (Lipinski definition) is 0. The smallest absolute Gasteiger partial charge is 0.243 e. The average molecular weight is 831 g/mol. The molecule has 0 N–H and O–H groups in total. The highest BCUT2D eigenvalue weighted by Gasteiger charge is 2.97. The van der Waals surface area contributed by atoms with Crippen LogP contribution in [0, 0.1) is 0 Å². The lowest BCUT2D eigenvalue weighted by Gasteiger charge is -2.44. The van der Waals surface area contributed by atoms with Crippen molar-refractivity contribution in [3.05, 3.63) is 0 Å². The number of rotatable bonds is 16. The minimum absolute atomic E-state index is 0.700. The second kappa shape index (κ2) is 11.9. The van der Waals surface area contributed by atoms with E-state index in [9.17, 15) is 141 Å². The van der Waals surface area contributed by atoms with Crippen molar-refractivity contribution in [3.8, 4) is 0 Å². The first-order valence-electron chi connectivity index (χ1n) is 10.3. The zero-order valence-corrected chi connectivity index (χ0v) is 21.1. The fraction of sp³-hybridized carbons (Fsp3) is 1.00. The van der Waals surface area contributed by atoms with Gasteiger partial charge in [0.05, 0.1) is 0 Å². The van der Waals surface area contributed by atoms with Crippen molar-refractivity contribution in [2.24, 2.45) is 0 Å². The molecule has 0 aromatic carbocycles. The van der Waals surface area contributed by atoms with Gasteiger partial charge in [0.1, 0.15) is 0 Å². The molecule has 34 heteroatoms. The van der Waals surface area contributed by atoms with Gasteiger partial charge in [-0.25, -0.2) is 14.6 Å². The predicted octanol–water partition coefficient (Wildman–Crippen LogP) is 9.74. The monoisotopic (exact) mass is 831 g/mol. The SMILES string of the molecule is [O]CC(F)(F)C(F)(F)C(F)(F)C(F)(F)C(F)(F)C(F)(F)C(F)(F)C(F)(F)C(F)(F)OC(F)(F)C(F)(F)OC(F)(F)C(F)(F)C(F)(F)C(F)(F)F. The summed E-state index contributed by atoms with van der Waals surface area (Å²) in [6.07, 6.45) is -43.0. The van der Waals surface area contributed by atoms with Gasteiger partial charge in [0.2, 0.25) is 0 Å². The fourth-order valence-corrected chi connectivity index (χ4v) is 2.42. The van der Waals surface area contributed by atoms with Crippen molar-refractivity contribution in [2.75, 3.05) is 6.61 Å². The van der Waals surface area contributed by atoms with Crippen LogP contribution in [0.25, 0.3) is 0 Å². The molecule has 0 aromatic rings. The molecule has 0 saturated carbocycles. The number of halogens is 31. The molecule has 301 valence electrons. The van der Waals surface area contributed by atoms with Crippen LogP contribution in [0.1, 0.15) is 0 Å². The predicted molar refractivity (Wildman–Crippen MR) is 83.0 cm³/mol. The van der Waals surface area contributed by atoms with Gasteiger partial charge in [-0.3, -0.25) is 0 Å². The zero-order chi connectivity index (χ0) is 41.6. The van der Waals surface area contributed by atoms with E-state index in [0.717, 1.165) is 4.74 Å². The van der Waals surface area contributed by atoms with Crippen LogP contribution in [0.4, 0.5) is 136 Å². The van der Waals surface area contributed by atoms with E-state index in [-0.39, 0.29) is 0 Å². The van der Waals surface area contributed by atoms with Gasteiger partial charge in [-0.15, -0.1) is 0 Å². The van der Waals surface area contributed by atoms with Crippen LogP contribution >= 0.6 is 0 Å². The Labute approximate surface area is 248 Å². The molecule has 0 aromatic heterocycles. The van der Waals surface area contributed by atoms with Gasteiger partial charge < -0.3 is 0 Å². The lowest BCUT2D eigenvalue weighted by molar-refractivity contribution is -0.560. The van der Waals surface area contributed by atoms with Crippen molar-refractivity contribution in [2.45, 2.75) is 89.8 Å². The molecule has 0 aliphatic heterocycles. The topological polar surface area (TPSA) is 38.4 Å². The first kappa shape index (κ1) is 47.7. The third kappa shape index (κ3) is 6.27. The van der Waals surface area contributed by atoms with E-state index in [1.54, 1.807) is 0 Å². The van der Waals surface area contributed by atoms with Crippen LogP contribution in [0.3, 0.4) is 0 Å². The van der Waals surface area contributed by atoms with Crippen LogP contribution < -0.4 is 0 Å². The normalized spacial score (nSPS) is 17.0. The van der Waals surface area contributed by atoms with Crippen LogP contribution in [0.5, 0.6) is 0 Å². The Morgan fingerprint density at radius 2 is 0.460 bits per heavy atom. The van der Waals surface area contributed by atoms with Crippen molar-refractivity contribution < 1.29 is 151 Å². The molecule has 0 aliphatic carbocycles. The maximum absolute atomic E-state index is 13.7. The van der Waals surface area contributed by atoms with Crippen LogP contribution in [-0.2, 0) is 14.6 Å². The molecule has 0 saturated heterocycles. The standard InChI is InChI=1S/C16H2F31O3/c17-2(18,1-48)3(19,20)4(21,22)5(23,24)6(25,26)7(27,28)8(29,30)10(33,34)13(40,41)49-15(44,45)16(46,47)50-14(42,43)11(35,36)9(31,32)12(37,38)39/h1H2. The Morgan fingerprint density at radius 1 is 0.260 bits per heavy atom. The first-order chi connectivity index (χ1) is 21.0. The molecule has 0 bridgehead atoms. The van der Waals surface area contributed by atoms with Crippen LogP contribution in [0.2, 0.25) is 0 Å². The highest BCUT2D eigenvalue weighted by Crippen LogP contribution is 2.66. The van der Waals surface area contributed by atoms with E-state index in [0.29, 0.717) is 4.74 Å². The lowest BCUT2D eigenvalue weighted by atomic mass is 9.87. The van der Waals surface area contributed by atoms with Crippen molar-refractivity contribution in [1.29, 1.82) is 0 Å². The highest BCUT2D eigenvalue weighted by atomic mass is 19.4. The highest BCUT2D eigenvalue weighted by molar-refractivity contribution is 5.16. The molecule has 0 fully saturated rings. The van der Waals surface area contributed by atoms with Gasteiger partial charge in [-0.1, -0.05) is 0 Å². The van der Waals surface area contributed by atoms with E-state index < -0.39 is 96.4 Å². The zero-order valence-electron chi connectivity index (χ0n) is 21.1. The van der Waals surface area contributed by atoms with Crippen LogP contribution in [0.15, 0.2) is 0 Å². The molecule has 1 radical (unpaired) electrons. The van der Waals surface area contributed by atoms with E-state index in [1.807, 2.05) is 0 Å². The summed E-state index contributed by atoms with van der Waals surface area (Å²) in [4.78, 5) is 0. The Kier molecular flexibility index (Phi) is 11.3. The van der Waals surface area contributed by atoms with E-state index in [4.69, 9.17) is 0 Å². The molecule has 0 atom stereocenters. The molecule has 3 nitrogen and oxygen atoms in total. The average Bonchev–Trinajstić information content (AvgIpc) is 2.85. The molecule has 0 spiro atoms. The summed E-state index contributed by atoms with van der Waals surface area (Å²) >= 11 is 0. The van der Waals surface area contributed by atoms with Crippen molar-refractivity contribution in [3.63, 3.8) is 0 Å². The van der Waals surface area contributed by atoms with Crippen LogP contribution in [-0.4, -0.2) is 96.4 Å². The maximum atomic E-state index is 13.7. The summed E-state index contributed by atoms with van der Waals surface area (Å²) in [6, 6.07) is 0. The van der Waals surface area contributed by atoms with Crippen molar-refractivity contribution >= 4 is 0 Å². The molecule has 0 unspecified atom stereocenters. The molecule has 0 amide bonds. The summed E-state index contributed by atoms with van der Waals surface area (Å²) in [5, 5.41) is 9.87. The van der Waals surface area contributed by atoms with Gasteiger partial charge in [0, 0.05) is 0 Å². The third-order valence-electron chi connectivity index (χ3n) is 5.34. The number of hydrogen-bond acceptors (Lipinski definition) is 2. The second-order valence-electron chi connectivity index (χ2n) is 8.79. The van der Waals surface area contributed by atoms with Gasteiger partial charge in [-0.2, -0.15) is 136 Å². The summed E-state index contributed by atoms with van der Waals surface area (Å²) in [5.41, 5.74) is 0. The fourth-order valence-electron chi connectivity index (χ4n) is 2.42. The largest absolute Gasteiger partial charge is 0.460 e. The Balaban J connectivity index is 7.09. The Hall–Kier alpha value is -2.29. The third-order valence-corrected chi connectivity index (χ3v) is 5.34. The second-order valence-corrected chi connectivity index (χ2v) is 8.79. The molecule has 0 aliphatic rings. The van der Waals surface area contributed by atoms with Gasteiger partial charge >= 0.3 is 89.8 Å². The summed E-state index contributed by atoms with van der Waals surface area (Å²) in [7, 11) is 0. The molecular weight excluding hydrogens is 829 g/mol. The molecule has 50 heavy (non-hydrogen) atoms. The van der Waals surface area contributed by atoms with E-state index in [2.05, 4.69) is 0 Å². The first-order valence-corrected chi connectivity index (χ1v) is 10.3. The minimum Gasteiger partial charge on any atom is -0.243 e. The van der Waals surface area contributed by atoms with Gasteiger partial charge in [-0.05, 0) is 0 Å². The Bertz CT molecular complexity index is 1210. The van der Waals surface area contributed by atoms with Gasteiger partial charge in [0.15, 0.2) is 6.61 Å². The summed E-state index contributed by atoms with van der Waals surface area (Å²) in [5.74, 6) is -89.7. The Morgan fingerprint density at radius 3 is 0.680 bits per heavy atom.